The van der Waals surface area contributed by atoms with Crippen LogP contribution < -0.4 is 5.32 Å². The number of rotatable bonds is 4. The number of amides is 1. The lowest BCUT2D eigenvalue weighted by molar-refractivity contribution is -0.0327. The minimum absolute atomic E-state index is 0.0493. The fraction of sp³-hybridized carbons (Fsp3) is 0.300. The van der Waals surface area contributed by atoms with Crippen LogP contribution in [0.1, 0.15) is 10.4 Å². The van der Waals surface area contributed by atoms with Gasteiger partial charge in [-0.2, -0.15) is 13.2 Å². The van der Waals surface area contributed by atoms with E-state index >= 15 is 0 Å². The van der Waals surface area contributed by atoms with Crippen LogP contribution in [0.25, 0.3) is 0 Å². The summed E-state index contributed by atoms with van der Waals surface area (Å²) in [6.45, 7) is -0.0493. The Balaban J connectivity index is 2.46. The molecule has 1 rings (SSSR count). The third-order valence-electron chi connectivity index (χ3n) is 1.86. The van der Waals surface area contributed by atoms with E-state index in [1.807, 2.05) is 0 Å². The first-order chi connectivity index (χ1) is 8.29. The van der Waals surface area contributed by atoms with E-state index in [-0.39, 0.29) is 24.1 Å². The first-order valence-electron chi connectivity index (χ1n) is 4.77. The van der Waals surface area contributed by atoms with Gasteiger partial charge < -0.3 is 5.32 Å². The van der Waals surface area contributed by atoms with Crippen molar-refractivity contribution in [1.29, 1.82) is 0 Å². The fourth-order valence-corrected chi connectivity index (χ4v) is 2.41. The molecule has 0 radical (unpaired) electrons. The van der Waals surface area contributed by atoms with E-state index < -0.39 is 11.4 Å². The Morgan fingerprint density at radius 1 is 1.44 bits per heavy atom. The normalized spacial score (nSPS) is 11.4. The van der Waals surface area contributed by atoms with Crippen molar-refractivity contribution in [2.24, 2.45) is 0 Å². The van der Waals surface area contributed by atoms with Gasteiger partial charge in [-0.15, -0.1) is 12.6 Å². The zero-order chi connectivity index (χ0) is 13.8. The van der Waals surface area contributed by atoms with Gasteiger partial charge in [-0.3, -0.25) is 4.79 Å². The van der Waals surface area contributed by atoms with Crippen molar-refractivity contribution in [3.8, 4) is 0 Å². The number of thioether (sulfide) groups is 1. The second-order valence-corrected chi connectivity index (χ2v) is 5.77. The van der Waals surface area contributed by atoms with E-state index in [1.165, 1.54) is 0 Å². The molecule has 0 saturated carbocycles. The summed E-state index contributed by atoms with van der Waals surface area (Å²) < 4.78 is 36.3. The number of carbonyl (C=O) groups is 1. The van der Waals surface area contributed by atoms with Crippen LogP contribution >= 0.6 is 40.3 Å². The molecule has 0 aliphatic carbocycles. The molecule has 18 heavy (non-hydrogen) atoms. The standard InChI is InChI=1S/C10H9BrF3NOS2/c11-6-1-2-7(8(17)5-6)9(16)15-3-4-18-10(12,13)14/h1-2,5,17H,3-4H2,(H,15,16). The Bertz CT molecular complexity index is 440. The first kappa shape index (κ1) is 15.7. The Kier molecular flexibility index (Phi) is 5.87. The number of thiol groups is 1. The molecule has 0 spiro atoms. The summed E-state index contributed by atoms with van der Waals surface area (Å²) in [6.07, 6.45) is 0. The van der Waals surface area contributed by atoms with Crippen LogP contribution in [0.15, 0.2) is 27.6 Å². The molecule has 1 amide bonds. The van der Waals surface area contributed by atoms with Crippen molar-refractivity contribution in [3.63, 3.8) is 0 Å². The predicted octanol–water partition coefficient (Wildman–Crippen LogP) is 3.72. The van der Waals surface area contributed by atoms with Gasteiger partial charge in [-0.25, -0.2) is 0 Å². The highest BCUT2D eigenvalue weighted by molar-refractivity contribution is 9.10. The topological polar surface area (TPSA) is 29.1 Å². The first-order valence-corrected chi connectivity index (χ1v) is 6.99. The summed E-state index contributed by atoms with van der Waals surface area (Å²) in [4.78, 5) is 12.1. The SMILES string of the molecule is O=C(NCCSC(F)(F)F)c1ccc(Br)cc1S. The van der Waals surface area contributed by atoms with Crippen LogP contribution in [0, 0.1) is 0 Å². The van der Waals surface area contributed by atoms with Gasteiger partial charge in [0.25, 0.3) is 5.91 Å². The van der Waals surface area contributed by atoms with Gasteiger partial charge >= 0.3 is 5.51 Å². The molecule has 0 fully saturated rings. The van der Waals surface area contributed by atoms with Gasteiger partial charge in [0.05, 0.1) is 5.56 Å². The second-order valence-electron chi connectivity index (χ2n) is 3.21. The van der Waals surface area contributed by atoms with Crippen LogP contribution in [-0.4, -0.2) is 23.7 Å². The van der Waals surface area contributed by atoms with Gasteiger partial charge in [0.1, 0.15) is 0 Å². The van der Waals surface area contributed by atoms with E-state index in [9.17, 15) is 18.0 Å². The number of halogens is 4. The number of hydrogen-bond acceptors (Lipinski definition) is 3. The minimum Gasteiger partial charge on any atom is -0.351 e. The largest absolute Gasteiger partial charge is 0.441 e. The van der Waals surface area contributed by atoms with Crippen LogP contribution in [0.5, 0.6) is 0 Å². The molecule has 0 unspecified atom stereocenters. The van der Waals surface area contributed by atoms with Crippen molar-refractivity contribution in [1.82, 2.24) is 5.32 Å². The van der Waals surface area contributed by atoms with Crippen LogP contribution in [-0.2, 0) is 0 Å². The van der Waals surface area contributed by atoms with Crippen molar-refractivity contribution >= 4 is 46.2 Å². The quantitative estimate of drug-likeness (QED) is 0.633. The van der Waals surface area contributed by atoms with Gasteiger partial charge in [-0.1, -0.05) is 15.9 Å². The molecular weight excluding hydrogens is 351 g/mol. The molecule has 0 aromatic heterocycles. The van der Waals surface area contributed by atoms with E-state index in [0.29, 0.717) is 10.5 Å². The molecule has 0 heterocycles. The Labute approximate surface area is 120 Å². The highest BCUT2D eigenvalue weighted by Gasteiger charge is 2.27. The lowest BCUT2D eigenvalue weighted by atomic mass is 10.2. The molecule has 8 heteroatoms. The van der Waals surface area contributed by atoms with E-state index in [2.05, 4.69) is 33.9 Å². The van der Waals surface area contributed by atoms with Gasteiger partial charge in [0.2, 0.25) is 0 Å². The maximum atomic E-state index is 11.8. The maximum Gasteiger partial charge on any atom is 0.441 e. The molecule has 2 nitrogen and oxygen atoms in total. The molecule has 1 aromatic rings. The molecule has 100 valence electrons. The minimum atomic E-state index is -4.27. The van der Waals surface area contributed by atoms with E-state index in [0.717, 1.165) is 4.47 Å². The summed E-state index contributed by atoms with van der Waals surface area (Å²) in [5, 5.41) is 2.41. The highest BCUT2D eigenvalue weighted by atomic mass is 79.9. The number of benzene rings is 1. The molecule has 0 atom stereocenters. The number of nitrogens with one attached hydrogen (secondary N) is 1. The van der Waals surface area contributed by atoms with Crippen molar-refractivity contribution in [3.05, 3.63) is 28.2 Å². The number of hydrogen-bond donors (Lipinski definition) is 2. The van der Waals surface area contributed by atoms with Crippen molar-refractivity contribution in [2.45, 2.75) is 10.4 Å². The van der Waals surface area contributed by atoms with Gasteiger partial charge in [0.15, 0.2) is 0 Å². The lowest BCUT2D eigenvalue weighted by Gasteiger charge is -2.08. The molecule has 1 N–H and O–H groups in total. The van der Waals surface area contributed by atoms with Gasteiger partial charge in [-0.05, 0) is 30.0 Å². The summed E-state index contributed by atoms with van der Waals surface area (Å²) in [7, 11) is 0. The van der Waals surface area contributed by atoms with Crippen LogP contribution in [0.4, 0.5) is 13.2 Å². The summed E-state index contributed by atoms with van der Waals surface area (Å²) in [6, 6.07) is 4.86. The summed E-state index contributed by atoms with van der Waals surface area (Å²) in [5.41, 5.74) is -3.93. The third kappa shape index (κ3) is 5.53. The smallest absolute Gasteiger partial charge is 0.351 e. The van der Waals surface area contributed by atoms with Crippen LogP contribution in [0.2, 0.25) is 0 Å². The average Bonchev–Trinajstić information content (AvgIpc) is 2.22. The maximum absolute atomic E-state index is 11.8. The van der Waals surface area contributed by atoms with Crippen molar-refractivity contribution < 1.29 is 18.0 Å². The molecule has 0 aliphatic heterocycles. The fourth-order valence-electron chi connectivity index (χ4n) is 1.12. The molecular formula is C10H9BrF3NOS2. The summed E-state index contributed by atoms with van der Waals surface area (Å²) in [5.74, 6) is -0.650. The Hall–Kier alpha value is -0.340. The second kappa shape index (κ2) is 6.72. The Morgan fingerprint density at radius 2 is 2.11 bits per heavy atom. The highest BCUT2D eigenvalue weighted by Crippen LogP contribution is 2.29. The van der Waals surface area contributed by atoms with Crippen molar-refractivity contribution in [2.75, 3.05) is 12.3 Å². The molecule has 1 aromatic carbocycles. The van der Waals surface area contributed by atoms with Gasteiger partial charge in [0, 0.05) is 21.7 Å². The van der Waals surface area contributed by atoms with Crippen LogP contribution in [0.3, 0.4) is 0 Å². The van der Waals surface area contributed by atoms with E-state index in [4.69, 9.17) is 0 Å². The monoisotopic (exact) mass is 359 g/mol. The number of carbonyl (C=O) groups excluding carboxylic acids is 1. The molecule has 0 aliphatic rings. The molecule has 0 saturated heterocycles. The zero-order valence-electron chi connectivity index (χ0n) is 8.92. The number of alkyl halides is 3. The lowest BCUT2D eigenvalue weighted by Crippen LogP contribution is -2.26. The molecule has 0 bridgehead atoms. The summed E-state index contributed by atoms with van der Waals surface area (Å²) >= 11 is 7.18. The predicted molar refractivity (Wildman–Crippen MR) is 72.2 cm³/mol. The Morgan fingerprint density at radius 3 is 2.67 bits per heavy atom. The zero-order valence-corrected chi connectivity index (χ0v) is 12.2. The average molecular weight is 360 g/mol. The van der Waals surface area contributed by atoms with E-state index in [1.54, 1.807) is 18.2 Å². The third-order valence-corrected chi connectivity index (χ3v) is 3.46.